The molecule has 1 rings (SSSR count). The summed E-state index contributed by atoms with van der Waals surface area (Å²) in [6.45, 7) is 2.75. The summed E-state index contributed by atoms with van der Waals surface area (Å²) in [6, 6.07) is -0.0143. The van der Waals surface area contributed by atoms with Gasteiger partial charge < -0.3 is 15.7 Å². The molecule has 1 saturated carbocycles. The van der Waals surface area contributed by atoms with E-state index in [1.807, 2.05) is 0 Å². The summed E-state index contributed by atoms with van der Waals surface area (Å²) in [4.78, 5) is 11.9. The van der Waals surface area contributed by atoms with E-state index in [1.165, 1.54) is 30.6 Å². The largest absolute Gasteiger partial charge is 0.465 e. The Balaban J connectivity index is 2.23. The molecule has 0 spiro atoms. The first-order valence-corrected chi connectivity index (χ1v) is 6.18. The van der Waals surface area contributed by atoms with Crippen molar-refractivity contribution in [3.63, 3.8) is 0 Å². The van der Waals surface area contributed by atoms with Crippen molar-refractivity contribution >= 4 is 6.09 Å². The van der Waals surface area contributed by atoms with Crippen LogP contribution >= 0.6 is 0 Å². The highest BCUT2D eigenvalue weighted by molar-refractivity contribution is 5.64. The number of likely N-dealkylation sites (N-methyl/N-ethyl adjacent to an activating group) is 1. The SMILES string of the molecule is CC1CCC(C[C@@H](N)CN(C)C(=O)O)CC1. The molecule has 0 aromatic rings. The zero-order chi connectivity index (χ0) is 12.1. The van der Waals surface area contributed by atoms with Gasteiger partial charge in [-0.15, -0.1) is 0 Å². The van der Waals surface area contributed by atoms with E-state index in [1.54, 1.807) is 7.05 Å². The lowest BCUT2D eigenvalue weighted by molar-refractivity contribution is 0.150. The van der Waals surface area contributed by atoms with Gasteiger partial charge >= 0.3 is 6.09 Å². The van der Waals surface area contributed by atoms with Crippen molar-refractivity contribution < 1.29 is 9.90 Å². The topological polar surface area (TPSA) is 66.6 Å². The third-order valence-corrected chi connectivity index (χ3v) is 3.61. The zero-order valence-electron chi connectivity index (χ0n) is 10.4. The highest BCUT2D eigenvalue weighted by atomic mass is 16.4. The molecule has 0 unspecified atom stereocenters. The predicted molar refractivity (Wildman–Crippen MR) is 64.4 cm³/mol. The fraction of sp³-hybridized carbons (Fsp3) is 0.917. The second-order valence-corrected chi connectivity index (χ2v) is 5.28. The van der Waals surface area contributed by atoms with Gasteiger partial charge in [0.25, 0.3) is 0 Å². The quantitative estimate of drug-likeness (QED) is 0.774. The minimum Gasteiger partial charge on any atom is -0.465 e. The Kier molecular flexibility index (Phi) is 5.06. The fourth-order valence-corrected chi connectivity index (χ4v) is 2.50. The second kappa shape index (κ2) is 6.09. The van der Waals surface area contributed by atoms with E-state index in [2.05, 4.69) is 6.92 Å². The molecule has 0 saturated heterocycles. The summed E-state index contributed by atoms with van der Waals surface area (Å²) >= 11 is 0. The molecule has 0 aromatic carbocycles. The van der Waals surface area contributed by atoms with Gasteiger partial charge in [-0.2, -0.15) is 0 Å². The molecule has 16 heavy (non-hydrogen) atoms. The summed E-state index contributed by atoms with van der Waals surface area (Å²) < 4.78 is 0. The molecule has 0 aliphatic heterocycles. The predicted octanol–water partition coefficient (Wildman–Crippen LogP) is 2.14. The van der Waals surface area contributed by atoms with Crippen LogP contribution in [0.15, 0.2) is 0 Å². The van der Waals surface area contributed by atoms with Crippen molar-refractivity contribution in [3.05, 3.63) is 0 Å². The molecule has 3 N–H and O–H groups in total. The van der Waals surface area contributed by atoms with Crippen LogP contribution in [-0.2, 0) is 0 Å². The maximum absolute atomic E-state index is 10.6. The molecule has 1 amide bonds. The Morgan fingerprint density at radius 1 is 1.44 bits per heavy atom. The standard InChI is InChI=1S/C12H24N2O2/c1-9-3-5-10(6-4-9)7-11(13)8-14(2)12(15)16/h9-11H,3-8,13H2,1-2H3,(H,15,16)/t9?,10?,11-/m1/s1. The van der Waals surface area contributed by atoms with E-state index in [-0.39, 0.29) is 6.04 Å². The lowest BCUT2D eigenvalue weighted by Gasteiger charge is -2.29. The van der Waals surface area contributed by atoms with Crippen molar-refractivity contribution in [1.82, 2.24) is 4.90 Å². The lowest BCUT2D eigenvalue weighted by Crippen LogP contribution is -2.39. The Labute approximate surface area is 97.8 Å². The van der Waals surface area contributed by atoms with Crippen LogP contribution in [0.4, 0.5) is 4.79 Å². The van der Waals surface area contributed by atoms with Crippen LogP contribution in [0.25, 0.3) is 0 Å². The molecule has 0 bridgehead atoms. The van der Waals surface area contributed by atoms with Crippen LogP contribution in [0.2, 0.25) is 0 Å². The van der Waals surface area contributed by atoms with Crippen LogP contribution in [0, 0.1) is 11.8 Å². The Morgan fingerprint density at radius 2 is 2.00 bits per heavy atom. The molecule has 1 atom stereocenters. The fourth-order valence-electron chi connectivity index (χ4n) is 2.50. The van der Waals surface area contributed by atoms with Crippen molar-refractivity contribution in [3.8, 4) is 0 Å². The first-order valence-electron chi connectivity index (χ1n) is 6.18. The van der Waals surface area contributed by atoms with Crippen molar-refractivity contribution in [2.24, 2.45) is 17.6 Å². The molecule has 94 valence electrons. The number of amides is 1. The molecule has 4 heteroatoms. The number of hydrogen-bond acceptors (Lipinski definition) is 2. The summed E-state index contributed by atoms with van der Waals surface area (Å²) in [5, 5.41) is 8.74. The monoisotopic (exact) mass is 228 g/mol. The number of hydrogen-bond donors (Lipinski definition) is 2. The highest BCUT2D eigenvalue weighted by Crippen LogP contribution is 2.30. The number of nitrogens with zero attached hydrogens (tertiary/aromatic N) is 1. The summed E-state index contributed by atoms with van der Waals surface area (Å²) in [5.41, 5.74) is 5.97. The first-order chi connectivity index (χ1) is 7.49. The smallest absolute Gasteiger partial charge is 0.407 e. The van der Waals surface area contributed by atoms with Gasteiger partial charge in [-0.3, -0.25) is 0 Å². The van der Waals surface area contributed by atoms with Crippen LogP contribution in [0.5, 0.6) is 0 Å². The van der Waals surface area contributed by atoms with Gasteiger partial charge in [0, 0.05) is 19.6 Å². The van der Waals surface area contributed by atoms with E-state index in [0.29, 0.717) is 12.5 Å². The van der Waals surface area contributed by atoms with Gasteiger partial charge in [0.1, 0.15) is 0 Å². The lowest BCUT2D eigenvalue weighted by atomic mass is 9.80. The number of carbonyl (C=O) groups is 1. The minimum absolute atomic E-state index is 0.0143. The van der Waals surface area contributed by atoms with Gasteiger partial charge in [-0.1, -0.05) is 32.6 Å². The van der Waals surface area contributed by atoms with E-state index >= 15 is 0 Å². The molecule has 4 nitrogen and oxygen atoms in total. The number of rotatable bonds is 4. The van der Waals surface area contributed by atoms with Crippen LogP contribution in [-0.4, -0.2) is 35.7 Å². The van der Waals surface area contributed by atoms with E-state index in [4.69, 9.17) is 10.8 Å². The van der Waals surface area contributed by atoms with E-state index in [0.717, 1.165) is 12.3 Å². The van der Waals surface area contributed by atoms with E-state index in [9.17, 15) is 4.79 Å². The molecule has 1 aliphatic carbocycles. The third kappa shape index (κ3) is 4.39. The van der Waals surface area contributed by atoms with Gasteiger partial charge in [0.15, 0.2) is 0 Å². The maximum atomic E-state index is 10.6. The molecule has 0 heterocycles. The Morgan fingerprint density at radius 3 is 2.50 bits per heavy atom. The summed E-state index contributed by atoms with van der Waals surface area (Å²) in [7, 11) is 1.57. The number of carboxylic acid groups (broad SMARTS) is 1. The van der Waals surface area contributed by atoms with Crippen LogP contribution < -0.4 is 5.73 Å². The van der Waals surface area contributed by atoms with Crippen molar-refractivity contribution in [2.45, 2.75) is 45.1 Å². The summed E-state index contributed by atoms with van der Waals surface area (Å²) in [5.74, 6) is 1.56. The Hall–Kier alpha value is -0.770. The molecule has 0 radical (unpaired) electrons. The zero-order valence-corrected chi connectivity index (χ0v) is 10.4. The number of nitrogens with two attached hydrogens (primary N) is 1. The molecule has 0 aromatic heterocycles. The van der Waals surface area contributed by atoms with Crippen molar-refractivity contribution in [1.29, 1.82) is 0 Å². The van der Waals surface area contributed by atoms with Crippen LogP contribution in [0.1, 0.15) is 39.0 Å². The van der Waals surface area contributed by atoms with Gasteiger partial charge in [0.2, 0.25) is 0 Å². The highest BCUT2D eigenvalue weighted by Gasteiger charge is 2.21. The van der Waals surface area contributed by atoms with Gasteiger partial charge in [-0.25, -0.2) is 4.79 Å². The van der Waals surface area contributed by atoms with Crippen LogP contribution in [0.3, 0.4) is 0 Å². The minimum atomic E-state index is -0.896. The van der Waals surface area contributed by atoms with Gasteiger partial charge in [0.05, 0.1) is 0 Å². The Bertz CT molecular complexity index is 225. The summed E-state index contributed by atoms with van der Waals surface area (Å²) in [6.07, 6.45) is 5.17. The first kappa shape index (κ1) is 13.3. The third-order valence-electron chi connectivity index (χ3n) is 3.61. The van der Waals surface area contributed by atoms with Crippen molar-refractivity contribution in [2.75, 3.05) is 13.6 Å². The maximum Gasteiger partial charge on any atom is 0.407 e. The van der Waals surface area contributed by atoms with E-state index < -0.39 is 6.09 Å². The second-order valence-electron chi connectivity index (χ2n) is 5.28. The molecular formula is C12H24N2O2. The molecule has 1 aliphatic rings. The van der Waals surface area contributed by atoms with Gasteiger partial charge in [-0.05, 0) is 18.3 Å². The molecular weight excluding hydrogens is 204 g/mol. The average Bonchev–Trinajstić information content (AvgIpc) is 2.21. The average molecular weight is 228 g/mol. The normalized spacial score (nSPS) is 27.4. The molecule has 1 fully saturated rings.